The molecule has 1 aliphatic carbocycles. The predicted molar refractivity (Wildman–Crippen MR) is 82.6 cm³/mol. The number of carbonyl (C=O) groups is 1. The topological polar surface area (TPSA) is 46.3 Å². The van der Waals surface area contributed by atoms with Crippen molar-refractivity contribution < 1.29 is 4.79 Å². The molecular formula is C16H23ClN2O. The lowest BCUT2D eigenvalue weighted by Crippen LogP contribution is -2.45. The van der Waals surface area contributed by atoms with Gasteiger partial charge in [-0.3, -0.25) is 4.79 Å². The van der Waals surface area contributed by atoms with E-state index in [0.29, 0.717) is 11.6 Å². The van der Waals surface area contributed by atoms with E-state index in [1.165, 1.54) is 0 Å². The van der Waals surface area contributed by atoms with Crippen molar-refractivity contribution in [3.63, 3.8) is 0 Å². The van der Waals surface area contributed by atoms with Crippen LogP contribution in [0.4, 0.5) is 0 Å². The van der Waals surface area contributed by atoms with E-state index in [0.717, 1.165) is 31.2 Å². The van der Waals surface area contributed by atoms with Crippen molar-refractivity contribution in [3.05, 3.63) is 34.9 Å². The Kier molecular flexibility index (Phi) is 4.71. The third kappa shape index (κ3) is 2.84. The van der Waals surface area contributed by atoms with Crippen molar-refractivity contribution in [3.8, 4) is 0 Å². The Morgan fingerprint density at radius 2 is 1.90 bits per heavy atom. The molecular weight excluding hydrogens is 272 g/mol. The molecule has 110 valence electrons. The van der Waals surface area contributed by atoms with Gasteiger partial charge in [0.05, 0.1) is 11.5 Å². The molecule has 2 rings (SSSR count). The molecule has 1 aromatic carbocycles. The average Bonchev–Trinajstić information content (AvgIpc) is 2.96. The van der Waals surface area contributed by atoms with Crippen molar-refractivity contribution >= 4 is 17.5 Å². The summed E-state index contributed by atoms with van der Waals surface area (Å²) in [5.74, 6) is 0.181. The maximum Gasteiger partial charge on any atom is 0.230 e. The predicted octanol–water partition coefficient (Wildman–Crippen LogP) is 3.38. The molecule has 20 heavy (non-hydrogen) atoms. The molecule has 0 radical (unpaired) electrons. The van der Waals surface area contributed by atoms with Crippen LogP contribution in [0.25, 0.3) is 0 Å². The van der Waals surface area contributed by atoms with Crippen LogP contribution in [0.15, 0.2) is 24.3 Å². The zero-order chi connectivity index (χ0) is 14.8. The third-order valence-electron chi connectivity index (χ3n) is 4.66. The highest BCUT2D eigenvalue weighted by Gasteiger charge is 2.42. The van der Waals surface area contributed by atoms with Crippen molar-refractivity contribution in [2.75, 3.05) is 13.6 Å². The number of nitrogens with two attached hydrogens (primary N) is 1. The lowest BCUT2D eigenvalue weighted by molar-refractivity contribution is -0.142. The monoisotopic (exact) mass is 294 g/mol. The van der Waals surface area contributed by atoms with Gasteiger partial charge in [-0.05, 0) is 37.5 Å². The fourth-order valence-electron chi connectivity index (χ4n) is 3.07. The Hall–Kier alpha value is -1.06. The van der Waals surface area contributed by atoms with Crippen molar-refractivity contribution in [1.29, 1.82) is 0 Å². The minimum Gasteiger partial charge on any atom is -0.338 e. The quantitative estimate of drug-likeness (QED) is 0.925. The lowest BCUT2D eigenvalue weighted by Gasteiger charge is -2.35. The lowest BCUT2D eigenvalue weighted by atomic mass is 9.84. The Balaban J connectivity index is 2.15. The molecule has 0 spiro atoms. The summed E-state index contributed by atoms with van der Waals surface area (Å²) in [5.41, 5.74) is 6.66. The molecule has 0 heterocycles. The SMILES string of the molecule is CC(c1ccc(Cl)cc1)N(C)C(=O)C1(CN)CCCC1. The maximum absolute atomic E-state index is 12.8. The summed E-state index contributed by atoms with van der Waals surface area (Å²) < 4.78 is 0. The maximum atomic E-state index is 12.8. The summed E-state index contributed by atoms with van der Waals surface area (Å²) in [6, 6.07) is 7.70. The Bertz CT molecular complexity index is 466. The molecule has 1 fully saturated rings. The molecule has 1 saturated carbocycles. The normalized spacial score (nSPS) is 18.8. The van der Waals surface area contributed by atoms with Crippen LogP contribution in [0.5, 0.6) is 0 Å². The van der Waals surface area contributed by atoms with Crippen LogP contribution in [-0.2, 0) is 4.79 Å². The summed E-state index contributed by atoms with van der Waals surface area (Å²) in [5, 5.41) is 0.712. The van der Waals surface area contributed by atoms with E-state index < -0.39 is 0 Å². The summed E-state index contributed by atoms with van der Waals surface area (Å²) >= 11 is 5.91. The van der Waals surface area contributed by atoms with E-state index in [1.54, 1.807) is 0 Å². The molecule has 1 aromatic rings. The fourth-order valence-corrected chi connectivity index (χ4v) is 3.20. The Labute approximate surface area is 126 Å². The first-order valence-corrected chi connectivity index (χ1v) is 7.61. The minimum atomic E-state index is -0.338. The first kappa shape index (κ1) is 15.3. The second-order valence-corrected chi connectivity index (χ2v) is 6.27. The van der Waals surface area contributed by atoms with Gasteiger partial charge in [0.25, 0.3) is 0 Å². The molecule has 3 nitrogen and oxygen atoms in total. The smallest absolute Gasteiger partial charge is 0.230 e. The van der Waals surface area contributed by atoms with Crippen LogP contribution in [0, 0.1) is 5.41 Å². The molecule has 0 aromatic heterocycles. The molecule has 1 atom stereocenters. The largest absolute Gasteiger partial charge is 0.338 e. The zero-order valence-electron chi connectivity index (χ0n) is 12.2. The van der Waals surface area contributed by atoms with Gasteiger partial charge < -0.3 is 10.6 Å². The molecule has 1 unspecified atom stereocenters. The van der Waals surface area contributed by atoms with Gasteiger partial charge in [-0.15, -0.1) is 0 Å². The molecule has 1 amide bonds. The Morgan fingerprint density at radius 3 is 2.40 bits per heavy atom. The number of hydrogen-bond acceptors (Lipinski definition) is 2. The second kappa shape index (κ2) is 6.15. The van der Waals surface area contributed by atoms with E-state index in [4.69, 9.17) is 17.3 Å². The molecule has 0 bridgehead atoms. The van der Waals surface area contributed by atoms with Gasteiger partial charge in [-0.1, -0.05) is 36.6 Å². The van der Waals surface area contributed by atoms with Crippen molar-refractivity contribution in [2.24, 2.45) is 11.1 Å². The van der Waals surface area contributed by atoms with Gasteiger partial charge in [0, 0.05) is 18.6 Å². The number of nitrogens with zero attached hydrogens (tertiary/aromatic N) is 1. The highest BCUT2D eigenvalue weighted by atomic mass is 35.5. The van der Waals surface area contributed by atoms with Crippen LogP contribution < -0.4 is 5.73 Å². The van der Waals surface area contributed by atoms with E-state index in [2.05, 4.69) is 0 Å². The van der Waals surface area contributed by atoms with Gasteiger partial charge in [-0.2, -0.15) is 0 Å². The molecule has 0 saturated heterocycles. The summed E-state index contributed by atoms with van der Waals surface area (Å²) in [4.78, 5) is 14.6. The van der Waals surface area contributed by atoms with Crippen LogP contribution in [0.2, 0.25) is 5.02 Å². The fraction of sp³-hybridized carbons (Fsp3) is 0.562. The van der Waals surface area contributed by atoms with Gasteiger partial charge in [0.2, 0.25) is 5.91 Å². The average molecular weight is 295 g/mol. The van der Waals surface area contributed by atoms with Crippen LogP contribution in [0.1, 0.15) is 44.2 Å². The molecule has 1 aliphatic rings. The van der Waals surface area contributed by atoms with E-state index in [1.807, 2.05) is 43.1 Å². The van der Waals surface area contributed by atoms with Crippen molar-refractivity contribution in [2.45, 2.75) is 38.6 Å². The number of rotatable bonds is 4. The second-order valence-electron chi connectivity index (χ2n) is 5.84. The third-order valence-corrected chi connectivity index (χ3v) is 4.91. The van der Waals surface area contributed by atoms with E-state index in [9.17, 15) is 4.79 Å². The number of halogens is 1. The van der Waals surface area contributed by atoms with E-state index in [-0.39, 0.29) is 17.4 Å². The molecule has 4 heteroatoms. The highest BCUT2D eigenvalue weighted by Crippen LogP contribution is 2.40. The first-order valence-electron chi connectivity index (χ1n) is 7.23. The zero-order valence-corrected chi connectivity index (χ0v) is 13.0. The summed E-state index contributed by atoms with van der Waals surface area (Å²) in [6.07, 6.45) is 4.04. The molecule has 0 aliphatic heterocycles. The van der Waals surface area contributed by atoms with Crippen LogP contribution in [-0.4, -0.2) is 24.4 Å². The first-order chi connectivity index (χ1) is 9.50. The van der Waals surface area contributed by atoms with Crippen LogP contribution in [0.3, 0.4) is 0 Å². The van der Waals surface area contributed by atoms with Gasteiger partial charge in [-0.25, -0.2) is 0 Å². The number of amides is 1. The molecule has 2 N–H and O–H groups in total. The van der Waals surface area contributed by atoms with Crippen LogP contribution >= 0.6 is 11.6 Å². The highest BCUT2D eigenvalue weighted by molar-refractivity contribution is 6.30. The Morgan fingerprint density at radius 1 is 1.35 bits per heavy atom. The standard InChI is InChI=1S/C16H23ClN2O/c1-12(13-5-7-14(17)8-6-13)19(2)15(20)16(11-18)9-3-4-10-16/h5-8,12H,3-4,9-11,18H2,1-2H3. The van der Waals surface area contributed by atoms with Gasteiger partial charge >= 0.3 is 0 Å². The number of benzene rings is 1. The summed E-state index contributed by atoms with van der Waals surface area (Å²) in [7, 11) is 1.87. The van der Waals surface area contributed by atoms with Crippen molar-refractivity contribution in [1.82, 2.24) is 4.90 Å². The number of hydrogen-bond donors (Lipinski definition) is 1. The van der Waals surface area contributed by atoms with Gasteiger partial charge in [0.15, 0.2) is 0 Å². The van der Waals surface area contributed by atoms with Gasteiger partial charge in [0.1, 0.15) is 0 Å². The summed E-state index contributed by atoms with van der Waals surface area (Å²) in [6.45, 7) is 2.49. The van der Waals surface area contributed by atoms with E-state index >= 15 is 0 Å². The minimum absolute atomic E-state index is 0.0313. The number of carbonyl (C=O) groups excluding carboxylic acids is 1.